The molecule has 0 spiro atoms. The summed E-state index contributed by atoms with van der Waals surface area (Å²) in [5.41, 5.74) is 0. The highest BCUT2D eigenvalue weighted by molar-refractivity contribution is 5.08. The lowest BCUT2D eigenvalue weighted by atomic mass is 9.86. The summed E-state index contributed by atoms with van der Waals surface area (Å²) >= 11 is 0. The van der Waals surface area contributed by atoms with E-state index >= 15 is 0 Å². The van der Waals surface area contributed by atoms with E-state index in [1.807, 2.05) is 0 Å². The van der Waals surface area contributed by atoms with Crippen LogP contribution >= 0.6 is 0 Å². The third-order valence-corrected chi connectivity index (χ3v) is 4.09. The van der Waals surface area contributed by atoms with Crippen molar-refractivity contribution >= 4 is 0 Å². The molecule has 2 radical (unpaired) electrons. The van der Waals surface area contributed by atoms with Crippen LogP contribution in [0.2, 0.25) is 0 Å². The second kappa shape index (κ2) is 6.27. The standard InChI is InChI=1S/C9H12.C7H12/c1-2-5-9-7-3-6-8(9)4-1;1-7-5-3-2-4-6-7/h1-3,6,8-9H,4-5,7H2;1,7H,2-6H2. The minimum absolute atomic E-state index is 0.536. The van der Waals surface area contributed by atoms with Gasteiger partial charge in [-0.25, -0.2) is 0 Å². The van der Waals surface area contributed by atoms with E-state index in [4.69, 9.17) is 6.92 Å². The molecule has 1 saturated carbocycles. The van der Waals surface area contributed by atoms with Gasteiger partial charge in [-0.05, 0) is 43.9 Å². The number of hydrogen-bond donors (Lipinski definition) is 0. The van der Waals surface area contributed by atoms with Gasteiger partial charge in [0.05, 0.1) is 0 Å². The summed E-state index contributed by atoms with van der Waals surface area (Å²) in [5, 5.41) is 0. The van der Waals surface area contributed by atoms with E-state index in [9.17, 15) is 0 Å². The SMILES string of the molecule is C1=CCC2CC=CC2C1.[CH]C1CCCCC1. The third kappa shape index (κ3) is 3.50. The van der Waals surface area contributed by atoms with Crippen LogP contribution in [0.3, 0.4) is 0 Å². The zero-order valence-corrected chi connectivity index (χ0v) is 10.3. The Hall–Kier alpha value is -0.520. The molecule has 88 valence electrons. The number of fused-ring (bicyclic) bond motifs is 1. The molecule has 0 saturated heterocycles. The van der Waals surface area contributed by atoms with Gasteiger partial charge in [0.15, 0.2) is 0 Å². The topological polar surface area (TPSA) is 0 Å². The van der Waals surface area contributed by atoms with Crippen LogP contribution in [0.25, 0.3) is 0 Å². The van der Waals surface area contributed by atoms with E-state index in [2.05, 4.69) is 24.3 Å². The normalized spacial score (nSPS) is 33.1. The van der Waals surface area contributed by atoms with Gasteiger partial charge in [-0.3, -0.25) is 0 Å². The summed E-state index contributed by atoms with van der Waals surface area (Å²) in [6.07, 6.45) is 20.0. The molecule has 0 aliphatic heterocycles. The van der Waals surface area contributed by atoms with Crippen LogP contribution in [0.1, 0.15) is 51.4 Å². The third-order valence-electron chi connectivity index (χ3n) is 4.09. The van der Waals surface area contributed by atoms with Crippen molar-refractivity contribution in [3.8, 4) is 0 Å². The molecule has 0 heteroatoms. The first kappa shape index (κ1) is 12.0. The molecule has 0 bridgehead atoms. The molecule has 2 unspecified atom stereocenters. The molecule has 0 aromatic carbocycles. The van der Waals surface area contributed by atoms with Crippen LogP contribution in [-0.4, -0.2) is 0 Å². The number of allylic oxidation sites excluding steroid dienone is 4. The molecule has 0 amide bonds. The lowest BCUT2D eigenvalue weighted by molar-refractivity contribution is 0.415. The van der Waals surface area contributed by atoms with Crippen molar-refractivity contribution in [1.82, 2.24) is 0 Å². The van der Waals surface area contributed by atoms with Crippen molar-refractivity contribution in [2.75, 3.05) is 0 Å². The quantitative estimate of drug-likeness (QED) is 0.510. The fourth-order valence-electron chi connectivity index (χ4n) is 2.96. The predicted molar refractivity (Wildman–Crippen MR) is 70.0 cm³/mol. The fourth-order valence-corrected chi connectivity index (χ4v) is 2.96. The maximum atomic E-state index is 5.63. The van der Waals surface area contributed by atoms with Crippen molar-refractivity contribution in [3.05, 3.63) is 31.2 Å². The van der Waals surface area contributed by atoms with Crippen LogP contribution in [0.5, 0.6) is 0 Å². The Kier molecular flexibility index (Phi) is 4.69. The Morgan fingerprint density at radius 3 is 2.12 bits per heavy atom. The second-order valence-corrected chi connectivity index (χ2v) is 5.43. The molecule has 1 fully saturated rings. The average molecular weight is 216 g/mol. The van der Waals surface area contributed by atoms with Gasteiger partial charge in [0, 0.05) is 0 Å². The zero-order chi connectivity index (χ0) is 11.2. The van der Waals surface area contributed by atoms with Gasteiger partial charge in [-0.2, -0.15) is 0 Å². The van der Waals surface area contributed by atoms with Gasteiger partial charge in [0.1, 0.15) is 0 Å². The number of rotatable bonds is 0. The average Bonchev–Trinajstić information content (AvgIpc) is 2.79. The Balaban J connectivity index is 0.000000125. The predicted octanol–water partition coefficient (Wildman–Crippen LogP) is 4.81. The summed E-state index contributed by atoms with van der Waals surface area (Å²) in [7, 11) is 0. The van der Waals surface area contributed by atoms with E-state index in [1.54, 1.807) is 0 Å². The molecule has 2 atom stereocenters. The van der Waals surface area contributed by atoms with Gasteiger partial charge in [0.2, 0.25) is 0 Å². The smallest absolute Gasteiger partial charge is 0.0165 e. The van der Waals surface area contributed by atoms with Gasteiger partial charge < -0.3 is 0 Å². The van der Waals surface area contributed by atoms with Gasteiger partial charge in [0.25, 0.3) is 0 Å². The minimum Gasteiger partial charge on any atom is -0.0882 e. The summed E-state index contributed by atoms with van der Waals surface area (Å²) in [6, 6.07) is 0. The first-order valence-corrected chi connectivity index (χ1v) is 6.93. The molecular weight excluding hydrogens is 192 g/mol. The van der Waals surface area contributed by atoms with Crippen LogP contribution in [0.15, 0.2) is 24.3 Å². The minimum atomic E-state index is 0.536. The molecule has 0 nitrogen and oxygen atoms in total. The maximum absolute atomic E-state index is 5.63. The lowest BCUT2D eigenvalue weighted by Gasteiger charge is -2.19. The molecular formula is C16H24. The van der Waals surface area contributed by atoms with Crippen molar-refractivity contribution in [3.63, 3.8) is 0 Å². The van der Waals surface area contributed by atoms with Gasteiger partial charge >= 0.3 is 0 Å². The monoisotopic (exact) mass is 216 g/mol. The Bertz CT molecular complexity index is 243. The number of hydrogen-bond acceptors (Lipinski definition) is 0. The van der Waals surface area contributed by atoms with E-state index < -0.39 is 0 Å². The lowest BCUT2D eigenvalue weighted by Crippen LogP contribution is -2.09. The van der Waals surface area contributed by atoms with Crippen LogP contribution in [-0.2, 0) is 0 Å². The molecule has 3 aliphatic carbocycles. The summed E-state index contributed by atoms with van der Waals surface area (Å²) < 4.78 is 0. The highest BCUT2D eigenvalue weighted by Crippen LogP contribution is 2.34. The van der Waals surface area contributed by atoms with Gasteiger partial charge in [-0.15, -0.1) is 0 Å². The van der Waals surface area contributed by atoms with Crippen molar-refractivity contribution in [1.29, 1.82) is 0 Å². The van der Waals surface area contributed by atoms with Crippen molar-refractivity contribution in [2.45, 2.75) is 51.4 Å². The first-order chi connectivity index (χ1) is 7.86. The second-order valence-electron chi connectivity index (χ2n) is 5.43. The zero-order valence-electron chi connectivity index (χ0n) is 10.3. The van der Waals surface area contributed by atoms with Crippen LogP contribution < -0.4 is 0 Å². The Morgan fingerprint density at radius 2 is 1.50 bits per heavy atom. The molecule has 0 heterocycles. The van der Waals surface area contributed by atoms with E-state index in [0.717, 1.165) is 11.8 Å². The van der Waals surface area contributed by atoms with Gasteiger partial charge in [-0.1, -0.05) is 56.4 Å². The summed E-state index contributed by atoms with van der Waals surface area (Å²) in [5.74, 6) is 2.40. The van der Waals surface area contributed by atoms with E-state index in [0.29, 0.717) is 5.92 Å². The maximum Gasteiger partial charge on any atom is -0.0165 e. The molecule has 0 aromatic heterocycles. The van der Waals surface area contributed by atoms with Crippen molar-refractivity contribution < 1.29 is 0 Å². The Morgan fingerprint density at radius 1 is 0.812 bits per heavy atom. The summed E-state index contributed by atoms with van der Waals surface area (Å²) in [6.45, 7) is 5.63. The molecule has 16 heavy (non-hydrogen) atoms. The van der Waals surface area contributed by atoms with E-state index in [1.165, 1.54) is 51.4 Å². The first-order valence-electron chi connectivity index (χ1n) is 6.93. The fraction of sp³-hybridized carbons (Fsp3) is 0.688. The largest absolute Gasteiger partial charge is 0.0882 e. The highest BCUT2D eigenvalue weighted by Gasteiger charge is 2.22. The Labute approximate surface area is 101 Å². The van der Waals surface area contributed by atoms with Crippen molar-refractivity contribution in [2.24, 2.45) is 17.8 Å². The van der Waals surface area contributed by atoms with Crippen LogP contribution in [0, 0.1) is 24.7 Å². The molecule has 0 N–H and O–H groups in total. The van der Waals surface area contributed by atoms with Crippen LogP contribution in [0.4, 0.5) is 0 Å². The van der Waals surface area contributed by atoms with E-state index in [-0.39, 0.29) is 0 Å². The molecule has 3 aliphatic rings. The summed E-state index contributed by atoms with van der Waals surface area (Å²) in [4.78, 5) is 0. The molecule has 3 rings (SSSR count). The highest BCUT2D eigenvalue weighted by atomic mass is 14.3. The molecule has 0 aromatic rings.